The van der Waals surface area contributed by atoms with Gasteiger partial charge in [-0.3, -0.25) is 4.79 Å². The maximum absolute atomic E-state index is 11.9. The van der Waals surface area contributed by atoms with Crippen LogP contribution in [0.25, 0.3) is 22.3 Å². The van der Waals surface area contributed by atoms with Crippen LogP contribution < -0.4 is 0 Å². The summed E-state index contributed by atoms with van der Waals surface area (Å²) in [7, 11) is 0. The lowest BCUT2D eigenvalue weighted by atomic mass is 10.00. The number of nitrogens with one attached hydrogen (secondary N) is 1. The van der Waals surface area contributed by atoms with Gasteiger partial charge in [-0.15, -0.1) is 0 Å². The van der Waals surface area contributed by atoms with Gasteiger partial charge < -0.3 is 19.5 Å². The van der Waals surface area contributed by atoms with E-state index in [1.807, 2.05) is 0 Å². The zero-order valence-corrected chi connectivity index (χ0v) is 14.8. The monoisotopic (exact) mass is 380 g/mol. The lowest BCUT2D eigenvalue weighted by Gasteiger charge is -2.26. The first kappa shape index (κ1) is 16.4. The Morgan fingerprint density at radius 3 is 2.96 bits per heavy atom. The minimum atomic E-state index is -0.513. The minimum absolute atomic E-state index is 0.308. The van der Waals surface area contributed by atoms with Crippen LogP contribution >= 0.6 is 23.2 Å². The number of rotatable bonds is 2. The third-order valence-electron chi connectivity index (χ3n) is 4.40. The summed E-state index contributed by atoms with van der Waals surface area (Å²) in [5.74, 6) is 0.543. The fraction of sp³-hybridized carbons (Fsp3) is 0.312. The van der Waals surface area contributed by atoms with Crippen LogP contribution in [0.3, 0.4) is 0 Å². The number of aromatic nitrogens is 3. The van der Waals surface area contributed by atoms with Crippen molar-refractivity contribution in [3.05, 3.63) is 33.3 Å². The van der Waals surface area contributed by atoms with Crippen molar-refractivity contribution in [1.29, 1.82) is 0 Å². The van der Waals surface area contributed by atoms with Crippen LogP contribution in [0.2, 0.25) is 10.0 Å². The third-order valence-corrected chi connectivity index (χ3v) is 5.19. The molecule has 2 aromatic heterocycles. The summed E-state index contributed by atoms with van der Waals surface area (Å²) < 4.78 is 5.09. The maximum Gasteiger partial charge on any atom is 0.248 e. The van der Waals surface area contributed by atoms with Gasteiger partial charge in [-0.1, -0.05) is 28.4 Å². The summed E-state index contributed by atoms with van der Waals surface area (Å²) in [4.78, 5) is 21.1. The topological polar surface area (TPSA) is 95.2 Å². The number of amides is 1. The lowest BCUT2D eigenvalue weighted by Crippen LogP contribution is -2.37. The van der Waals surface area contributed by atoms with Crippen LogP contribution in [0.4, 0.5) is 0 Å². The zero-order chi connectivity index (χ0) is 17.7. The molecule has 0 spiro atoms. The Bertz CT molecular complexity index is 995. The SMILES string of the molecule is Cc1nc(-c2cc(Cl)c(Cl)c3[nH]c4c(c23)CN(C(=O)CO)CC4)no1. The van der Waals surface area contributed by atoms with Gasteiger partial charge >= 0.3 is 0 Å². The minimum Gasteiger partial charge on any atom is -0.387 e. The molecule has 0 unspecified atom stereocenters. The molecule has 2 N–H and O–H groups in total. The molecule has 7 nitrogen and oxygen atoms in total. The number of aromatic amines is 1. The van der Waals surface area contributed by atoms with Crippen molar-refractivity contribution in [2.75, 3.05) is 13.2 Å². The number of carbonyl (C=O) groups excluding carboxylic acids is 1. The van der Waals surface area contributed by atoms with E-state index in [1.54, 1.807) is 17.9 Å². The van der Waals surface area contributed by atoms with E-state index in [-0.39, 0.29) is 5.91 Å². The standard InChI is InChI=1S/C16H14Cl2N4O3/c1-7-19-16(21-25-7)8-4-10(17)14(18)15-13(8)9-5-22(12(24)6-23)3-2-11(9)20-15/h4,20,23H,2-3,5-6H2,1H3. The first-order valence-electron chi connectivity index (χ1n) is 7.70. The second-order valence-electron chi connectivity index (χ2n) is 5.91. The first-order valence-corrected chi connectivity index (χ1v) is 8.46. The van der Waals surface area contributed by atoms with Crippen molar-refractivity contribution in [1.82, 2.24) is 20.0 Å². The average molecular weight is 381 g/mol. The fourth-order valence-electron chi connectivity index (χ4n) is 3.24. The summed E-state index contributed by atoms with van der Waals surface area (Å²) in [6, 6.07) is 1.71. The summed E-state index contributed by atoms with van der Waals surface area (Å²) in [6.07, 6.45) is 0.633. The Labute approximate surface area is 152 Å². The first-order chi connectivity index (χ1) is 12.0. The van der Waals surface area contributed by atoms with Gasteiger partial charge in [0.1, 0.15) is 6.61 Å². The van der Waals surface area contributed by atoms with Gasteiger partial charge in [0.15, 0.2) is 0 Å². The highest BCUT2D eigenvalue weighted by Gasteiger charge is 2.27. The second-order valence-corrected chi connectivity index (χ2v) is 6.70. The van der Waals surface area contributed by atoms with Crippen LogP contribution in [-0.4, -0.2) is 44.2 Å². The molecule has 9 heteroatoms. The molecule has 3 aromatic rings. The van der Waals surface area contributed by atoms with E-state index in [0.29, 0.717) is 52.4 Å². The Kier molecular flexibility index (Phi) is 3.94. The fourth-order valence-corrected chi connectivity index (χ4v) is 3.64. The van der Waals surface area contributed by atoms with Crippen LogP contribution in [0.15, 0.2) is 10.6 Å². The predicted molar refractivity (Wildman–Crippen MR) is 92.6 cm³/mol. The number of aryl methyl sites for hydroxylation is 1. The van der Waals surface area contributed by atoms with E-state index in [1.165, 1.54) is 0 Å². The number of H-pyrrole nitrogens is 1. The molecule has 0 radical (unpaired) electrons. The molecule has 0 bridgehead atoms. The molecule has 4 rings (SSSR count). The molecule has 1 aliphatic rings. The largest absolute Gasteiger partial charge is 0.387 e. The van der Waals surface area contributed by atoms with Crippen LogP contribution in [-0.2, 0) is 17.8 Å². The summed E-state index contributed by atoms with van der Waals surface area (Å²) >= 11 is 12.7. The molecule has 0 fully saturated rings. The molecule has 1 aromatic carbocycles. The van der Waals surface area contributed by atoms with Gasteiger partial charge in [0.05, 0.1) is 15.6 Å². The number of nitrogens with zero attached hydrogens (tertiary/aromatic N) is 3. The van der Waals surface area contributed by atoms with E-state index in [2.05, 4.69) is 15.1 Å². The highest BCUT2D eigenvalue weighted by atomic mass is 35.5. The second kappa shape index (κ2) is 6.01. The molecule has 0 saturated carbocycles. The Balaban J connectivity index is 1.96. The van der Waals surface area contributed by atoms with Crippen molar-refractivity contribution >= 4 is 40.0 Å². The highest BCUT2D eigenvalue weighted by molar-refractivity contribution is 6.45. The number of benzene rings is 1. The quantitative estimate of drug-likeness (QED) is 0.712. The van der Waals surface area contributed by atoms with Gasteiger partial charge in [-0.05, 0) is 6.07 Å². The van der Waals surface area contributed by atoms with Gasteiger partial charge in [0.25, 0.3) is 0 Å². The Hall–Kier alpha value is -2.09. The van der Waals surface area contributed by atoms with Gasteiger partial charge in [0, 0.05) is 48.6 Å². The van der Waals surface area contributed by atoms with Gasteiger partial charge in [-0.25, -0.2) is 0 Å². The van der Waals surface area contributed by atoms with Crippen LogP contribution in [0.1, 0.15) is 17.1 Å². The Morgan fingerprint density at radius 2 is 2.28 bits per heavy atom. The number of aliphatic hydroxyl groups is 1. The number of halogens is 2. The summed E-state index contributed by atoms with van der Waals surface area (Å²) in [6.45, 7) is 2.10. The van der Waals surface area contributed by atoms with Crippen molar-refractivity contribution in [2.24, 2.45) is 0 Å². The number of hydrogen-bond acceptors (Lipinski definition) is 5. The molecule has 0 aliphatic carbocycles. The molecule has 0 atom stereocenters. The smallest absolute Gasteiger partial charge is 0.248 e. The molecule has 3 heterocycles. The van der Waals surface area contributed by atoms with Crippen molar-refractivity contribution in [2.45, 2.75) is 19.9 Å². The van der Waals surface area contributed by atoms with E-state index < -0.39 is 6.61 Å². The molecular formula is C16H14Cl2N4O3. The van der Waals surface area contributed by atoms with E-state index in [4.69, 9.17) is 32.8 Å². The Morgan fingerprint density at radius 1 is 1.48 bits per heavy atom. The predicted octanol–water partition coefficient (Wildman–Crippen LogP) is 2.71. The van der Waals surface area contributed by atoms with E-state index in [9.17, 15) is 4.79 Å². The normalized spacial score (nSPS) is 14.2. The van der Waals surface area contributed by atoms with E-state index >= 15 is 0 Å². The maximum atomic E-state index is 11.9. The molecular weight excluding hydrogens is 367 g/mol. The van der Waals surface area contributed by atoms with Gasteiger partial charge in [0.2, 0.25) is 17.6 Å². The number of aliphatic hydroxyl groups excluding tert-OH is 1. The average Bonchev–Trinajstić information content (AvgIpc) is 3.20. The number of hydrogen-bond donors (Lipinski definition) is 2. The summed E-state index contributed by atoms with van der Waals surface area (Å²) in [5.41, 5.74) is 3.30. The van der Waals surface area contributed by atoms with Crippen molar-refractivity contribution < 1.29 is 14.4 Å². The van der Waals surface area contributed by atoms with Crippen molar-refractivity contribution in [3.63, 3.8) is 0 Å². The molecule has 0 saturated heterocycles. The highest BCUT2D eigenvalue weighted by Crippen LogP contribution is 2.41. The molecule has 1 aliphatic heterocycles. The number of fused-ring (bicyclic) bond motifs is 3. The molecule has 130 valence electrons. The van der Waals surface area contributed by atoms with E-state index in [0.717, 1.165) is 16.6 Å². The van der Waals surface area contributed by atoms with Crippen LogP contribution in [0, 0.1) is 6.92 Å². The summed E-state index contributed by atoms with van der Waals surface area (Å²) in [5, 5.41) is 14.7. The molecule has 1 amide bonds. The lowest BCUT2D eigenvalue weighted by molar-refractivity contribution is -0.135. The zero-order valence-electron chi connectivity index (χ0n) is 13.3. The van der Waals surface area contributed by atoms with Crippen molar-refractivity contribution in [3.8, 4) is 11.4 Å². The van der Waals surface area contributed by atoms with Crippen LogP contribution in [0.5, 0.6) is 0 Å². The van der Waals surface area contributed by atoms with Gasteiger partial charge in [-0.2, -0.15) is 4.98 Å². The molecule has 25 heavy (non-hydrogen) atoms. The number of carbonyl (C=O) groups is 1. The third kappa shape index (κ3) is 2.59.